The van der Waals surface area contributed by atoms with Crippen LogP contribution in [0.1, 0.15) is 30.7 Å². The van der Waals surface area contributed by atoms with Crippen molar-refractivity contribution in [3.8, 4) is 0 Å². The normalized spacial score (nSPS) is 10.2. The number of hydrogen-bond donors (Lipinski definition) is 2. The van der Waals surface area contributed by atoms with Crippen LogP contribution in [0.5, 0.6) is 0 Å². The van der Waals surface area contributed by atoms with E-state index in [4.69, 9.17) is 5.11 Å². The molecule has 2 rings (SSSR count). The molecule has 0 saturated heterocycles. The summed E-state index contributed by atoms with van der Waals surface area (Å²) in [6.07, 6.45) is 3.07. The van der Waals surface area contributed by atoms with Crippen molar-refractivity contribution in [2.75, 3.05) is 0 Å². The number of aryl methyl sites for hydroxylation is 1. The van der Waals surface area contributed by atoms with Crippen molar-refractivity contribution in [2.45, 2.75) is 13.5 Å². The van der Waals surface area contributed by atoms with Crippen LogP contribution in [0.4, 0.5) is 0 Å². The number of pyridine rings is 1. The Bertz CT molecular complexity index is 610. The molecule has 2 N–H and O–H groups in total. The molecular weight excluding hydrogens is 266 g/mol. The number of nitrogens with one attached hydrogen (secondary N) is 1. The van der Waals surface area contributed by atoms with Crippen LogP contribution in [0.3, 0.4) is 0 Å². The molecule has 0 fully saturated rings. The maximum Gasteiger partial charge on any atom is 0.355 e. The van der Waals surface area contributed by atoms with Crippen LogP contribution >= 0.6 is 11.3 Å². The number of rotatable bonds is 4. The van der Waals surface area contributed by atoms with Crippen LogP contribution in [-0.4, -0.2) is 27.0 Å². The first-order valence-electron chi connectivity index (χ1n) is 5.45. The standard InChI is InChI=1S/C12H11N3O3S/c1-7-10(12(17)18)15-9(19-7)6-14-11(16)8-2-4-13-5-3-8/h2-5H,6H2,1H3,(H,14,16)(H,17,18). The molecule has 1 amide bonds. The number of carboxylic acid groups (broad SMARTS) is 1. The number of amides is 1. The number of carbonyl (C=O) groups excluding carboxylic acids is 1. The minimum absolute atomic E-state index is 0.0400. The van der Waals surface area contributed by atoms with Crippen LogP contribution in [0, 0.1) is 6.92 Å². The van der Waals surface area contributed by atoms with Crippen LogP contribution < -0.4 is 5.32 Å². The van der Waals surface area contributed by atoms with Crippen molar-refractivity contribution in [1.82, 2.24) is 15.3 Å². The molecule has 7 heteroatoms. The number of aromatic nitrogens is 2. The van der Waals surface area contributed by atoms with Gasteiger partial charge in [0, 0.05) is 22.8 Å². The topological polar surface area (TPSA) is 92.2 Å². The molecule has 0 saturated carbocycles. The lowest BCUT2D eigenvalue weighted by molar-refractivity contribution is 0.0690. The Morgan fingerprint density at radius 1 is 1.37 bits per heavy atom. The van der Waals surface area contributed by atoms with Crippen LogP contribution in [0.25, 0.3) is 0 Å². The Kier molecular flexibility index (Phi) is 3.86. The zero-order valence-electron chi connectivity index (χ0n) is 10.1. The second kappa shape index (κ2) is 5.57. The molecule has 0 aliphatic rings. The fraction of sp³-hybridized carbons (Fsp3) is 0.167. The van der Waals surface area contributed by atoms with Gasteiger partial charge in [-0.05, 0) is 19.1 Å². The highest BCUT2D eigenvalue weighted by Crippen LogP contribution is 2.17. The van der Waals surface area contributed by atoms with Gasteiger partial charge in [0.1, 0.15) is 5.01 Å². The lowest BCUT2D eigenvalue weighted by atomic mass is 10.2. The molecule has 0 radical (unpaired) electrons. The number of hydrogen-bond acceptors (Lipinski definition) is 5. The van der Waals surface area contributed by atoms with E-state index in [1.54, 1.807) is 19.1 Å². The van der Waals surface area contributed by atoms with Crippen LogP contribution in [-0.2, 0) is 6.54 Å². The first-order valence-corrected chi connectivity index (χ1v) is 6.27. The van der Waals surface area contributed by atoms with Gasteiger partial charge < -0.3 is 10.4 Å². The Morgan fingerprint density at radius 2 is 2.05 bits per heavy atom. The Hall–Kier alpha value is -2.28. The number of carboxylic acids is 1. The minimum Gasteiger partial charge on any atom is -0.476 e. The molecule has 0 aliphatic carbocycles. The predicted octanol–water partition coefficient (Wildman–Crippen LogP) is 1.47. The van der Waals surface area contributed by atoms with Gasteiger partial charge in [-0.25, -0.2) is 9.78 Å². The highest BCUT2D eigenvalue weighted by Gasteiger charge is 2.14. The average molecular weight is 277 g/mol. The predicted molar refractivity (Wildman–Crippen MR) is 69.2 cm³/mol. The highest BCUT2D eigenvalue weighted by molar-refractivity contribution is 7.11. The maximum atomic E-state index is 11.8. The molecule has 0 atom stereocenters. The lowest BCUT2D eigenvalue weighted by Crippen LogP contribution is -2.22. The van der Waals surface area contributed by atoms with Gasteiger partial charge >= 0.3 is 5.97 Å². The highest BCUT2D eigenvalue weighted by atomic mass is 32.1. The molecule has 19 heavy (non-hydrogen) atoms. The van der Waals surface area contributed by atoms with E-state index in [-0.39, 0.29) is 18.1 Å². The smallest absolute Gasteiger partial charge is 0.355 e. The van der Waals surface area contributed by atoms with Gasteiger partial charge in [-0.2, -0.15) is 0 Å². The quantitative estimate of drug-likeness (QED) is 0.883. The summed E-state index contributed by atoms with van der Waals surface area (Å²) in [7, 11) is 0. The minimum atomic E-state index is -1.06. The monoisotopic (exact) mass is 277 g/mol. The maximum absolute atomic E-state index is 11.8. The summed E-state index contributed by atoms with van der Waals surface area (Å²) in [5.41, 5.74) is 0.542. The second-order valence-corrected chi connectivity index (χ2v) is 5.02. The average Bonchev–Trinajstić information content (AvgIpc) is 2.78. The van der Waals surface area contributed by atoms with Crippen molar-refractivity contribution in [3.05, 3.63) is 45.7 Å². The van der Waals surface area contributed by atoms with Crippen molar-refractivity contribution in [1.29, 1.82) is 0 Å². The number of carbonyl (C=O) groups is 2. The van der Waals surface area contributed by atoms with Crippen molar-refractivity contribution in [3.63, 3.8) is 0 Å². The largest absolute Gasteiger partial charge is 0.476 e. The van der Waals surface area contributed by atoms with Gasteiger partial charge in [0.25, 0.3) is 5.91 Å². The van der Waals surface area contributed by atoms with E-state index in [1.165, 1.54) is 23.7 Å². The lowest BCUT2D eigenvalue weighted by Gasteiger charge is -2.02. The van der Waals surface area contributed by atoms with E-state index >= 15 is 0 Å². The summed E-state index contributed by atoms with van der Waals surface area (Å²) in [4.78, 5) is 31.0. The summed E-state index contributed by atoms with van der Waals surface area (Å²) in [6, 6.07) is 3.20. The zero-order chi connectivity index (χ0) is 13.8. The van der Waals surface area contributed by atoms with E-state index in [2.05, 4.69) is 15.3 Å². The van der Waals surface area contributed by atoms with Crippen molar-refractivity contribution >= 4 is 23.2 Å². The summed E-state index contributed by atoms with van der Waals surface area (Å²) < 4.78 is 0. The molecule has 0 aliphatic heterocycles. The van der Waals surface area contributed by atoms with E-state index < -0.39 is 5.97 Å². The van der Waals surface area contributed by atoms with E-state index in [0.29, 0.717) is 15.4 Å². The summed E-state index contributed by atoms with van der Waals surface area (Å²) >= 11 is 1.26. The third-order valence-electron chi connectivity index (χ3n) is 2.39. The summed E-state index contributed by atoms with van der Waals surface area (Å²) in [5.74, 6) is -1.30. The molecule has 98 valence electrons. The van der Waals surface area contributed by atoms with Crippen molar-refractivity contribution < 1.29 is 14.7 Å². The molecular formula is C12H11N3O3S. The number of thiazole rings is 1. The van der Waals surface area contributed by atoms with Gasteiger partial charge in [-0.15, -0.1) is 11.3 Å². The van der Waals surface area contributed by atoms with Gasteiger partial charge in [-0.3, -0.25) is 9.78 Å². The first-order chi connectivity index (χ1) is 9.08. The fourth-order valence-corrected chi connectivity index (χ4v) is 2.35. The molecule has 0 bridgehead atoms. The van der Waals surface area contributed by atoms with E-state index in [0.717, 1.165) is 0 Å². The van der Waals surface area contributed by atoms with Gasteiger partial charge in [-0.1, -0.05) is 0 Å². The molecule has 0 aromatic carbocycles. The van der Waals surface area contributed by atoms with Gasteiger partial charge in [0.2, 0.25) is 0 Å². The third kappa shape index (κ3) is 3.14. The SMILES string of the molecule is Cc1sc(CNC(=O)c2ccncc2)nc1C(=O)O. The Balaban J connectivity index is 2.01. The Labute approximate surface area is 113 Å². The molecule has 2 aromatic rings. The van der Waals surface area contributed by atoms with Gasteiger partial charge in [0.05, 0.1) is 6.54 Å². The summed E-state index contributed by atoms with van der Waals surface area (Å²) in [5, 5.41) is 12.1. The van der Waals surface area contributed by atoms with Crippen LogP contribution in [0.15, 0.2) is 24.5 Å². The van der Waals surface area contributed by atoms with Crippen LogP contribution in [0.2, 0.25) is 0 Å². The van der Waals surface area contributed by atoms with E-state index in [9.17, 15) is 9.59 Å². The van der Waals surface area contributed by atoms with Gasteiger partial charge in [0.15, 0.2) is 5.69 Å². The summed E-state index contributed by atoms with van der Waals surface area (Å²) in [6.45, 7) is 1.90. The first kappa shape index (κ1) is 13.2. The Morgan fingerprint density at radius 3 is 2.63 bits per heavy atom. The molecule has 2 heterocycles. The third-order valence-corrected chi connectivity index (χ3v) is 3.36. The number of aromatic carboxylic acids is 1. The fourth-order valence-electron chi connectivity index (χ4n) is 1.49. The van der Waals surface area contributed by atoms with E-state index in [1.807, 2.05) is 0 Å². The zero-order valence-corrected chi connectivity index (χ0v) is 10.9. The molecule has 6 nitrogen and oxygen atoms in total. The second-order valence-electron chi connectivity index (χ2n) is 3.74. The van der Waals surface area contributed by atoms with Crippen molar-refractivity contribution in [2.24, 2.45) is 0 Å². The molecule has 0 unspecified atom stereocenters. The molecule has 2 aromatic heterocycles. The number of nitrogens with zero attached hydrogens (tertiary/aromatic N) is 2. The molecule has 0 spiro atoms.